The van der Waals surface area contributed by atoms with E-state index in [1.165, 1.54) is 5.56 Å². The summed E-state index contributed by atoms with van der Waals surface area (Å²) in [5, 5.41) is 2.97. The van der Waals surface area contributed by atoms with E-state index in [1.807, 2.05) is 18.2 Å². The summed E-state index contributed by atoms with van der Waals surface area (Å²) in [6, 6.07) is 11.8. The van der Waals surface area contributed by atoms with Crippen molar-refractivity contribution in [3.8, 4) is 0 Å². The van der Waals surface area contributed by atoms with Gasteiger partial charge in [0.15, 0.2) is 11.6 Å². The van der Waals surface area contributed by atoms with E-state index in [0.29, 0.717) is 24.8 Å². The van der Waals surface area contributed by atoms with Gasteiger partial charge in [0.25, 0.3) is 0 Å². The molecule has 1 heterocycles. The Balaban J connectivity index is 1.69. The van der Waals surface area contributed by atoms with Gasteiger partial charge in [-0.15, -0.1) is 0 Å². The highest BCUT2D eigenvalue weighted by molar-refractivity contribution is 5.68. The number of aryl methyl sites for hydroxylation is 1. The summed E-state index contributed by atoms with van der Waals surface area (Å²) in [5.41, 5.74) is 0.769. The quantitative estimate of drug-likeness (QED) is 0.501. The van der Waals surface area contributed by atoms with Gasteiger partial charge in [-0.05, 0) is 76.0 Å². The summed E-state index contributed by atoms with van der Waals surface area (Å²) in [6.45, 7) is 7.02. The first-order chi connectivity index (χ1) is 15.6. The van der Waals surface area contributed by atoms with E-state index in [-0.39, 0.29) is 18.2 Å². The predicted octanol–water partition coefficient (Wildman–Crippen LogP) is 6.16. The van der Waals surface area contributed by atoms with Gasteiger partial charge in [-0.3, -0.25) is 4.90 Å². The van der Waals surface area contributed by atoms with Gasteiger partial charge in [0.1, 0.15) is 11.4 Å². The Hall–Kier alpha value is -2.54. The maximum absolute atomic E-state index is 14.0. The van der Waals surface area contributed by atoms with Gasteiger partial charge in [-0.25, -0.2) is 18.0 Å². The highest BCUT2D eigenvalue weighted by Crippen LogP contribution is 2.28. The molecule has 2 unspecified atom stereocenters. The average molecular weight is 463 g/mol. The van der Waals surface area contributed by atoms with Crippen LogP contribution in [0.15, 0.2) is 42.5 Å². The second kappa shape index (κ2) is 11.1. The molecule has 33 heavy (non-hydrogen) atoms. The summed E-state index contributed by atoms with van der Waals surface area (Å²) in [7, 11) is 0. The fourth-order valence-corrected chi connectivity index (χ4v) is 4.32. The number of benzene rings is 2. The van der Waals surface area contributed by atoms with E-state index >= 15 is 0 Å². The van der Waals surface area contributed by atoms with E-state index in [2.05, 4.69) is 22.3 Å². The van der Waals surface area contributed by atoms with Gasteiger partial charge in [0, 0.05) is 19.2 Å². The number of carbonyl (C=O) groups excluding carboxylic acids is 1. The van der Waals surface area contributed by atoms with Gasteiger partial charge >= 0.3 is 6.09 Å². The molecule has 0 radical (unpaired) electrons. The van der Waals surface area contributed by atoms with Crippen molar-refractivity contribution in [2.75, 3.05) is 13.1 Å². The number of piperidine rings is 1. The van der Waals surface area contributed by atoms with Crippen LogP contribution >= 0.6 is 0 Å². The first-order valence-corrected chi connectivity index (χ1v) is 11.5. The molecule has 1 saturated heterocycles. The second-order valence-electron chi connectivity index (χ2n) is 9.66. The zero-order valence-electron chi connectivity index (χ0n) is 19.5. The third kappa shape index (κ3) is 7.49. The molecule has 2 aromatic carbocycles. The fraction of sp³-hybridized carbons (Fsp3) is 0.500. The molecule has 2 aromatic rings. The van der Waals surface area contributed by atoms with Crippen LogP contribution in [0.5, 0.6) is 0 Å². The molecular formula is C26H33F3N2O2. The van der Waals surface area contributed by atoms with Gasteiger partial charge in [-0.2, -0.15) is 0 Å². The lowest BCUT2D eigenvalue weighted by Crippen LogP contribution is -2.52. The van der Waals surface area contributed by atoms with E-state index in [4.69, 9.17) is 4.74 Å². The van der Waals surface area contributed by atoms with Crippen molar-refractivity contribution in [3.63, 3.8) is 0 Å². The van der Waals surface area contributed by atoms with Crippen molar-refractivity contribution in [2.24, 2.45) is 0 Å². The number of hydrogen-bond donors (Lipinski definition) is 1. The van der Waals surface area contributed by atoms with Gasteiger partial charge in [0.05, 0.1) is 6.17 Å². The first-order valence-electron chi connectivity index (χ1n) is 11.5. The molecule has 0 aliphatic carbocycles. The standard InChI is InChI=1S/C26H33F3N2O2/c1-26(2,3)33-25(32)30-24(13-7-11-19-15-22(28)23(29)16-21(19)27)31-14-8-12-20(17-31)18-9-5-4-6-10-18/h4-6,9-10,15-16,20,24H,7-8,11-14,17H2,1-3H3,(H,30,32). The maximum Gasteiger partial charge on any atom is 0.408 e. The zero-order chi connectivity index (χ0) is 24.0. The molecule has 2 atom stereocenters. The zero-order valence-corrected chi connectivity index (χ0v) is 19.5. The predicted molar refractivity (Wildman–Crippen MR) is 122 cm³/mol. The van der Waals surface area contributed by atoms with Crippen molar-refractivity contribution in [3.05, 3.63) is 71.0 Å². The molecule has 1 aliphatic heterocycles. The third-order valence-corrected chi connectivity index (χ3v) is 5.86. The van der Waals surface area contributed by atoms with E-state index in [9.17, 15) is 18.0 Å². The van der Waals surface area contributed by atoms with E-state index in [1.54, 1.807) is 20.8 Å². The van der Waals surface area contributed by atoms with Crippen LogP contribution < -0.4 is 5.32 Å². The maximum atomic E-state index is 14.0. The number of nitrogens with zero attached hydrogens (tertiary/aromatic N) is 1. The Kier molecular flexibility index (Phi) is 8.40. The average Bonchev–Trinajstić information content (AvgIpc) is 2.76. The molecule has 1 aliphatic rings. The number of carbonyl (C=O) groups is 1. The molecule has 3 rings (SSSR count). The number of halogens is 3. The number of amides is 1. The molecule has 1 amide bonds. The highest BCUT2D eigenvalue weighted by Gasteiger charge is 2.29. The van der Waals surface area contributed by atoms with Crippen LogP contribution in [0, 0.1) is 17.5 Å². The molecule has 0 saturated carbocycles. The minimum Gasteiger partial charge on any atom is -0.444 e. The second-order valence-corrected chi connectivity index (χ2v) is 9.66. The molecule has 0 aromatic heterocycles. The van der Waals surface area contributed by atoms with Crippen LogP contribution in [0.4, 0.5) is 18.0 Å². The smallest absolute Gasteiger partial charge is 0.408 e. The summed E-state index contributed by atoms with van der Waals surface area (Å²) < 4.78 is 46.3. The SMILES string of the molecule is CC(C)(C)OC(=O)NC(CCCc1cc(F)c(F)cc1F)N1CCCC(c2ccccc2)C1. The minimum absolute atomic E-state index is 0.130. The number of hydrogen-bond acceptors (Lipinski definition) is 3. The molecule has 4 nitrogen and oxygen atoms in total. The summed E-state index contributed by atoms with van der Waals surface area (Å²) >= 11 is 0. The van der Waals surface area contributed by atoms with E-state index in [0.717, 1.165) is 32.0 Å². The van der Waals surface area contributed by atoms with Crippen LogP contribution in [0.2, 0.25) is 0 Å². The topological polar surface area (TPSA) is 41.6 Å². The Morgan fingerprint density at radius 1 is 1.12 bits per heavy atom. The number of nitrogens with one attached hydrogen (secondary N) is 1. The Bertz CT molecular complexity index is 931. The lowest BCUT2D eigenvalue weighted by atomic mass is 9.90. The van der Waals surface area contributed by atoms with Crippen LogP contribution in [0.25, 0.3) is 0 Å². The number of rotatable bonds is 7. The molecular weight excluding hydrogens is 429 g/mol. The van der Waals surface area contributed by atoms with Gasteiger partial charge in [0.2, 0.25) is 0 Å². The summed E-state index contributed by atoms with van der Waals surface area (Å²) in [4.78, 5) is 14.8. The van der Waals surface area contributed by atoms with E-state index < -0.39 is 29.1 Å². The molecule has 180 valence electrons. The van der Waals surface area contributed by atoms with Crippen molar-refractivity contribution >= 4 is 6.09 Å². The number of ether oxygens (including phenoxy) is 1. The molecule has 7 heteroatoms. The monoisotopic (exact) mass is 462 g/mol. The highest BCUT2D eigenvalue weighted by atomic mass is 19.2. The van der Waals surface area contributed by atoms with Gasteiger partial charge < -0.3 is 10.1 Å². The van der Waals surface area contributed by atoms with Crippen molar-refractivity contribution in [1.82, 2.24) is 10.2 Å². The normalized spacial score (nSPS) is 18.1. The minimum atomic E-state index is -1.19. The van der Waals surface area contributed by atoms with Crippen LogP contribution in [-0.4, -0.2) is 35.8 Å². The lowest BCUT2D eigenvalue weighted by molar-refractivity contribution is 0.0369. The van der Waals surface area contributed by atoms with Crippen LogP contribution in [-0.2, 0) is 11.2 Å². The van der Waals surface area contributed by atoms with Crippen molar-refractivity contribution in [2.45, 2.75) is 70.6 Å². The molecule has 0 spiro atoms. The number of likely N-dealkylation sites (tertiary alicyclic amines) is 1. The summed E-state index contributed by atoms with van der Waals surface area (Å²) in [5.74, 6) is -2.66. The molecule has 1 fully saturated rings. The first kappa shape index (κ1) is 25.1. The Morgan fingerprint density at radius 3 is 2.52 bits per heavy atom. The fourth-order valence-electron chi connectivity index (χ4n) is 4.32. The van der Waals surface area contributed by atoms with Crippen LogP contribution in [0.3, 0.4) is 0 Å². The molecule has 1 N–H and O–H groups in total. The van der Waals surface area contributed by atoms with Gasteiger partial charge in [-0.1, -0.05) is 30.3 Å². The van der Waals surface area contributed by atoms with Crippen LogP contribution in [0.1, 0.15) is 63.5 Å². The Labute approximate surface area is 194 Å². The number of alkyl carbamates (subject to hydrolysis) is 1. The largest absolute Gasteiger partial charge is 0.444 e. The Morgan fingerprint density at radius 2 is 1.82 bits per heavy atom. The summed E-state index contributed by atoms with van der Waals surface area (Å²) in [6.07, 6.45) is 2.51. The molecule has 0 bridgehead atoms. The van der Waals surface area contributed by atoms with Crippen molar-refractivity contribution < 1.29 is 22.7 Å². The third-order valence-electron chi connectivity index (χ3n) is 5.86. The van der Waals surface area contributed by atoms with Crippen molar-refractivity contribution in [1.29, 1.82) is 0 Å². The lowest BCUT2D eigenvalue weighted by Gasteiger charge is -2.39.